The summed E-state index contributed by atoms with van der Waals surface area (Å²) < 4.78 is 25.0. The molecule has 3 aliphatic carbocycles. The minimum Gasteiger partial charge on any atom is -0.497 e. The summed E-state index contributed by atoms with van der Waals surface area (Å²) in [6, 6.07) is 19.1. The second-order valence-corrected chi connectivity index (χ2v) is 19.8. The number of ether oxygens (including phenoxy) is 4. The molecule has 2 N–H and O–H groups in total. The summed E-state index contributed by atoms with van der Waals surface area (Å²) in [6.07, 6.45) is 5.13. The third-order valence-corrected chi connectivity index (χ3v) is 14.6. The Morgan fingerprint density at radius 3 is 2.13 bits per heavy atom. The highest BCUT2D eigenvalue weighted by atomic mass is 16.5. The Kier molecular flexibility index (Phi) is 12.1. The van der Waals surface area contributed by atoms with Gasteiger partial charge in [0, 0.05) is 91.2 Å². The van der Waals surface area contributed by atoms with Gasteiger partial charge in [0.25, 0.3) is 11.8 Å². The molecule has 63 heavy (non-hydrogen) atoms. The molecule has 1 spiro atoms. The van der Waals surface area contributed by atoms with Crippen molar-refractivity contribution in [3.63, 3.8) is 0 Å². The second kappa shape index (κ2) is 17.3. The van der Waals surface area contributed by atoms with Crippen molar-refractivity contribution in [1.82, 2.24) is 15.5 Å². The van der Waals surface area contributed by atoms with Gasteiger partial charge in [0.15, 0.2) is 5.78 Å². The molecule has 5 aliphatic rings. The molecule has 5 fully saturated rings. The van der Waals surface area contributed by atoms with Gasteiger partial charge in [-0.25, -0.2) is 0 Å². The maximum Gasteiger partial charge on any atom is 0.252 e. The number of benzene rings is 3. The van der Waals surface area contributed by atoms with Crippen molar-refractivity contribution in [1.29, 1.82) is 5.26 Å². The molecule has 1 unspecified atom stereocenters. The maximum atomic E-state index is 13.7. The summed E-state index contributed by atoms with van der Waals surface area (Å²) in [6.45, 7) is 20.6. The number of nitrogens with one attached hydrogen (secondary N) is 2. The molecule has 2 amide bonds. The minimum absolute atomic E-state index is 0.00434. The van der Waals surface area contributed by atoms with Crippen molar-refractivity contribution in [2.45, 2.75) is 122 Å². The smallest absolute Gasteiger partial charge is 0.252 e. The zero-order valence-corrected chi connectivity index (χ0v) is 38.0. The molecule has 0 aromatic heterocycles. The van der Waals surface area contributed by atoms with E-state index in [4.69, 9.17) is 18.9 Å². The van der Waals surface area contributed by atoms with E-state index in [-0.39, 0.29) is 52.3 Å². The van der Waals surface area contributed by atoms with Crippen molar-refractivity contribution in [2.75, 3.05) is 44.8 Å². The van der Waals surface area contributed by atoms with Gasteiger partial charge in [-0.05, 0) is 99.2 Å². The largest absolute Gasteiger partial charge is 0.497 e. The Hall–Kier alpha value is -5.38. The lowest BCUT2D eigenvalue weighted by atomic mass is 9.49. The lowest BCUT2D eigenvalue weighted by Gasteiger charge is -2.63. The van der Waals surface area contributed by atoms with Crippen LogP contribution < -0.4 is 29.7 Å². The van der Waals surface area contributed by atoms with Gasteiger partial charge in [-0.3, -0.25) is 19.3 Å². The van der Waals surface area contributed by atoms with Crippen LogP contribution >= 0.6 is 0 Å². The number of Topliss-reactive ketones (excluding diaryl/α,β-unsaturated/α-hetero) is 1. The molecule has 12 nitrogen and oxygen atoms in total. The van der Waals surface area contributed by atoms with Gasteiger partial charge in [0.1, 0.15) is 29.5 Å². The quantitative estimate of drug-likeness (QED) is 0.187. The third kappa shape index (κ3) is 8.92. The summed E-state index contributed by atoms with van der Waals surface area (Å²) >= 11 is 0. The van der Waals surface area contributed by atoms with E-state index in [2.05, 4.69) is 72.9 Å². The number of hydrogen-bond donors (Lipinski definition) is 2. The number of nitrogens with zero attached hydrogens (tertiary/aromatic N) is 3. The Labute approximate surface area is 372 Å². The normalized spacial score (nSPS) is 26.1. The zero-order valence-electron chi connectivity index (χ0n) is 38.0. The summed E-state index contributed by atoms with van der Waals surface area (Å²) in [5.41, 5.74) is 4.71. The number of allylic oxidation sites excluding steroid dienone is 1. The van der Waals surface area contributed by atoms with Crippen molar-refractivity contribution in [2.24, 2.45) is 10.8 Å². The molecule has 3 aromatic rings. The average Bonchev–Trinajstić information content (AvgIpc) is 3.24. The molecule has 2 aliphatic heterocycles. The van der Waals surface area contributed by atoms with Crippen LogP contribution in [0.3, 0.4) is 0 Å². The van der Waals surface area contributed by atoms with E-state index < -0.39 is 6.04 Å². The number of carbonyl (C=O) groups excluding carboxylic acids is 3. The highest BCUT2D eigenvalue weighted by Crippen LogP contribution is 2.55. The molecule has 2 heterocycles. The molecule has 0 radical (unpaired) electrons. The minimum atomic E-state index is -0.506. The summed E-state index contributed by atoms with van der Waals surface area (Å²) in [7, 11) is 1.57. The summed E-state index contributed by atoms with van der Waals surface area (Å²) in [5, 5.41) is 15.7. The Bertz CT molecular complexity index is 2260. The maximum absolute atomic E-state index is 13.7. The molecule has 12 heteroatoms. The van der Waals surface area contributed by atoms with Gasteiger partial charge in [0.05, 0.1) is 37.0 Å². The van der Waals surface area contributed by atoms with E-state index in [1.165, 1.54) is 0 Å². The Morgan fingerprint density at radius 1 is 0.857 bits per heavy atom. The topological polar surface area (TPSA) is 142 Å². The number of amides is 2. The Balaban J connectivity index is 0.805. The van der Waals surface area contributed by atoms with E-state index in [1.54, 1.807) is 19.2 Å². The average molecular weight is 858 g/mol. The van der Waals surface area contributed by atoms with E-state index in [1.807, 2.05) is 44.2 Å². The molecule has 8 rings (SSSR count). The van der Waals surface area contributed by atoms with E-state index in [9.17, 15) is 19.6 Å². The van der Waals surface area contributed by atoms with Gasteiger partial charge >= 0.3 is 0 Å². The van der Waals surface area contributed by atoms with Crippen LogP contribution in [0.1, 0.15) is 110 Å². The van der Waals surface area contributed by atoms with Gasteiger partial charge in [-0.15, -0.1) is 0 Å². The third-order valence-electron chi connectivity index (χ3n) is 14.6. The monoisotopic (exact) mass is 857 g/mol. The number of rotatable bonds is 11. The van der Waals surface area contributed by atoms with Crippen LogP contribution in [0.25, 0.3) is 0 Å². The first-order chi connectivity index (χ1) is 30.0. The number of aryl methyl sites for hydroxylation is 2. The number of carbonyl (C=O) groups is 3. The van der Waals surface area contributed by atoms with Crippen LogP contribution in [0, 0.1) is 36.0 Å². The van der Waals surface area contributed by atoms with Gasteiger partial charge < -0.3 is 34.5 Å². The fourth-order valence-electron chi connectivity index (χ4n) is 11.2. The molecule has 0 bridgehead atoms. The number of ketones is 1. The van der Waals surface area contributed by atoms with Crippen molar-refractivity contribution >= 4 is 23.3 Å². The van der Waals surface area contributed by atoms with E-state index in [0.29, 0.717) is 53.7 Å². The number of methoxy groups -OCH3 is 1. The lowest BCUT2D eigenvalue weighted by Crippen LogP contribution is -2.74. The molecule has 2 saturated heterocycles. The number of nitriles is 1. The van der Waals surface area contributed by atoms with E-state index >= 15 is 0 Å². The van der Waals surface area contributed by atoms with Crippen molar-refractivity contribution < 1.29 is 33.3 Å². The summed E-state index contributed by atoms with van der Waals surface area (Å²) in [4.78, 5) is 44.3. The molecular weight excluding hydrogens is 795 g/mol. The predicted molar refractivity (Wildman–Crippen MR) is 242 cm³/mol. The molecule has 3 aromatic carbocycles. The first-order valence-corrected chi connectivity index (χ1v) is 22.6. The van der Waals surface area contributed by atoms with Gasteiger partial charge in [-0.1, -0.05) is 39.8 Å². The predicted octanol–water partition coefficient (Wildman–Crippen LogP) is 7.48. The van der Waals surface area contributed by atoms with Crippen LogP contribution in [-0.2, 0) is 9.53 Å². The summed E-state index contributed by atoms with van der Waals surface area (Å²) in [5.74, 6) is 1.46. The number of hydrogen-bond acceptors (Lipinski definition) is 10. The van der Waals surface area contributed by atoms with Crippen molar-refractivity contribution in [3.8, 4) is 23.3 Å². The number of morpholine rings is 1. The molecule has 334 valence electrons. The molecule has 1 atom stereocenters. The SMILES string of the molecule is C=C1CCC(NC(=O)c2cc(OC)cc(OC3CC(N4CCOC5(CCN(c6ccc(C(=O)NC7C(C)(C)C(Oc8cc(C)c(C#N)c(C)c8)C7(C)C)cc6)CC5)C4)C3)c2)C(=O)C1. The van der Waals surface area contributed by atoms with Gasteiger partial charge in [0.2, 0.25) is 0 Å². The number of piperidine rings is 1. The second-order valence-electron chi connectivity index (χ2n) is 19.8. The zero-order chi connectivity index (χ0) is 44.8. The lowest BCUT2D eigenvalue weighted by molar-refractivity contribution is -0.164. The van der Waals surface area contributed by atoms with Crippen LogP contribution in [-0.4, -0.2) is 98.3 Å². The fourth-order valence-corrected chi connectivity index (χ4v) is 11.2. The molecule has 3 saturated carbocycles. The van der Waals surface area contributed by atoms with Crippen molar-refractivity contribution in [3.05, 3.63) is 94.6 Å². The number of anilines is 1. The highest BCUT2D eigenvalue weighted by molar-refractivity contribution is 5.99. The van der Waals surface area contributed by atoms with E-state index in [0.717, 1.165) is 86.4 Å². The first kappa shape index (κ1) is 44.2. The fraction of sp³-hybridized carbons (Fsp3) is 0.529. The standard InChI is InChI=1S/C51H63N5O7/c1-31-9-14-43(44(57)21-31)53-46(59)35-24-38(60-8)28-40(25-35)62-41-26-37(27-41)56-19-20-61-51(30-56)15-17-55(18-16-51)36-12-10-34(11-13-36)45(58)54-47-49(4,5)48(50(47,6)7)63-39-22-32(2)42(29-52)33(3)23-39/h10-13,22-25,28,37,41,43,47-48H,1,9,14-21,26-27,30H2,2-8H3,(H,53,59)(H,54,58). The Morgan fingerprint density at radius 2 is 1.49 bits per heavy atom. The molecular formula is C51H63N5O7. The van der Waals surface area contributed by atoms with Crippen LogP contribution in [0.15, 0.2) is 66.7 Å². The van der Waals surface area contributed by atoms with Crippen LogP contribution in [0.5, 0.6) is 17.2 Å². The van der Waals surface area contributed by atoms with Gasteiger partial charge in [-0.2, -0.15) is 5.26 Å². The first-order valence-electron chi connectivity index (χ1n) is 22.6. The highest BCUT2D eigenvalue weighted by Gasteiger charge is 2.64. The van der Waals surface area contributed by atoms with Crippen LogP contribution in [0.2, 0.25) is 0 Å². The van der Waals surface area contributed by atoms with Crippen LogP contribution in [0.4, 0.5) is 5.69 Å².